The minimum absolute atomic E-state index is 0.00621. The fourth-order valence-corrected chi connectivity index (χ4v) is 4.93. The highest BCUT2D eigenvalue weighted by molar-refractivity contribution is 5.97. The van der Waals surface area contributed by atoms with E-state index in [1.54, 1.807) is 0 Å². The van der Waals surface area contributed by atoms with Crippen LogP contribution in [-0.2, 0) is 6.54 Å². The van der Waals surface area contributed by atoms with Crippen LogP contribution < -0.4 is 10.9 Å². The molecule has 33 heavy (non-hydrogen) atoms. The molecule has 2 heterocycles. The highest BCUT2D eigenvalue weighted by atomic mass is 16.1. The van der Waals surface area contributed by atoms with Gasteiger partial charge in [-0.3, -0.25) is 9.69 Å². The monoisotopic (exact) mass is 438 g/mol. The molecule has 168 valence electrons. The second-order valence-electron chi connectivity index (χ2n) is 8.88. The van der Waals surface area contributed by atoms with E-state index in [1.807, 2.05) is 18.2 Å². The van der Waals surface area contributed by atoms with Gasteiger partial charge < -0.3 is 5.32 Å². The molecule has 1 aliphatic heterocycles. The quantitative estimate of drug-likeness (QED) is 0.425. The van der Waals surface area contributed by atoms with Crippen molar-refractivity contribution in [3.63, 3.8) is 0 Å². The molecule has 2 N–H and O–H groups in total. The summed E-state index contributed by atoms with van der Waals surface area (Å²) in [4.78, 5) is 14.9. The Morgan fingerprint density at radius 1 is 0.909 bits per heavy atom. The third-order valence-corrected chi connectivity index (χ3v) is 6.86. The van der Waals surface area contributed by atoms with Gasteiger partial charge in [0.15, 0.2) is 0 Å². The van der Waals surface area contributed by atoms with Crippen LogP contribution in [0.25, 0.3) is 10.8 Å². The lowest BCUT2D eigenvalue weighted by Crippen LogP contribution is -2.28. The molecule has 4 aromatic rings. The van der Waals surface area contributed by atoms with Crippen LogP contribution >= 0.6 is 0 Å². The number of anilines is 1. The number of benzene rings is 3. The number of hydrogen-bond acceptors (Lipinski definition) is 4. The molecule has 2 unspecified atom stereocenters. The van der Waals surface area contributed by atoms with Crippen LogP contribution in [-0.4, -0.2) is 28.2 Å². The van der Waals surface area contributed by atoms with E-state index in [0.717, 1.165) is 36.4 Å². The molecule has 0 amide bonds. The average Bonchev–Trinajstić information content (AvgIpc) is 2.85. The van der Waals surface area contributed by atoms with E-state index in [1.165, 1.54) is 22.3 Å². The second kappa shape index (κ2) is 8.83. The van der Waals surface area contributed by atoms with Crippen molar-refractivity contribution in [1.29, 1.82) is 0 Å². The standard InChI is InChI=1S/C28H30N4O/c1-4-32(5-2)17-19-11-15-21(16-12-19)26-24(20-13-9-18(3)10-14-20)27-25-22(28(33)31-30-27)7-6-8-23(25)29-26/h6-16,24,26,29H,4-5,17H2,1-3H3,(H,31,33). The van der Waals surface area contributed by atoms with Gasteiger partial charge in [0.2, 0.25) is 0 Å². The number of hydrogen-bond donors (Lipinski definition) is 2. The van der Waals surface area contributed by atoms with Crippen LogP contribution in [0.1, 0.15) is 53.8 Å². The van der Waals surface area contributed by atoms with Gasteiger partial charge >= 0.3 is 0 Å². The maximum atomic E-state index is 12.5. The smallest absolute Gasteiger partial charge is 0.272 e. The summed E-state index contributed by atoms with van der Waals surface area (Å²) in [5.41, 5.74) is 6.65. The van der Waals surface area contributed by atoms with Gasteiger partial charge in [-0.25, -0.2) is 5.10 Å². The third-order valence-electron chi connectivity index (χ3n) is 6.86. The fourth-order valence-electron chi connectivity index (χ4n) is 4.93. The second-order valence-corrected chi connectivity index (χ2v) is 8.88. The van der Waals surface area contributed by atoms with Gasteiger partial charge in [0.25, 0.3) is 5.56 Å². The number of H-pyrrole nitrogens is 1. The van der Waals surface area contributed by atoms with Crippen molar-refractivity contribution in [3.05, 3.63) is 105 Å². The number of nitrogens with one attached hydrogen (secondary N) is 2. The Morgan fingerprint density at radius 2 is 1.61 bits per heavy atom. The fraction of sp³-hybridized carbons (Fsp3) is 0.286. The molecule has 1 aromatic heterocycles. The van der Waals surface area contributed by atoms with Crippen molar-refractivity contribution in [3.8, 4) is 0 Å². The molecule has 0 saturated carbocycles. The lowest BCUT2D eigenvalue weighted by molar-refractivity contribution is 0.296. The van der Waals surface area contributed by atoms with Crippen molar-refractivity contribution in [2.45, 2.75) is 39.3 Å². The first kappa shape index (κ1) is 21.4. The molecule has 5 heteroatoms. The van der Waals surface area contributed by atoms with E-state index < -0.39 is 0 Å². The summed E-state index contributed by atoms with van der Waals surface area (Å²) in [5, 5.41) is 12.7. The molecule has 0 aliphatic carbocycles. The Balaban J connectivity index is 1.61. The van der Waals surface area contributed by atoms with Gasteiger partial charge in [-0.05, 0) is 48.8 Å². The lowest BCUT2D eigenvalue weighted by atomic mass is 9.79. The predicted octanol–water partition coefficient (Wildman–Crippen LogP) is 5.37. The summed E-state index contributed by atoms with van der Waals surface area (Å²) < 4.78 is 0. The number of rotatable bonds is 6. The maximum absolute atomic E-state index is 12.5. The summed E-state index contributed by atoms with van der Waals surface area (Å²) in [6.45, 7) is 9.54. The van der Waals surface area contributed by atoms with Gasteiger partial charge in [0.1, 0.15) is 0 Å². The summed E-state index contributed by atoms with van der Waals surface area (Å²) >= 11 is 0. The Labute approximate surface area is 194 Å². The molecule has 0 spiro atoms. The third kappa shape index (κ3) is 3.93. The van der Waals surface area contributed by atoms with Crippen LogP contribution in [0.15, 0.2) is 71.5 Å². The van der Waals surface area contributed by atoms with Gasteiger partial charge in [0, 0.05) is 17.6 Å². The molecule has 2 atom stereocenters. The van der Waals surface area contributed by atoms with Crippen LogP contribution in [0.3, 0.4) is 0 Å². The number of aryl methyl sites for hydroxylation is 1. The Hall–Kier alpha value is -3.44. The summed E-state index contributed by atoms with van der Waals surface area (Å²) in [5.74, 6) is -0.0199. The molecule has 0 fully saturated rings. The highest BCUT2D eigenvalue weighted by Crippen LogP contribution is 2.46. The van der Waals surface area contributed by atoms with Crippen molar-refractivity contribution < 1.29 is 0 Å². The van der Waals surface area contributed by atoms with Crippen molar-refractivity contribution in [1.82, 2.24) is 15.1 Å². The average molecular weight is 439 g/mol. The molecule has 1 aliphatic rings. The van der Waals surface area contributed by atoms with Gasteiger partial charge in [-0.15, -0.1) is 0 Å². The zero-order valence-corrected chi connectivity index (χ0v) is 19.4. The Kier molecular flexibility index (Phi) is 5.73. The molecule has 5 rings (SSSR count). The number of aromatic nitrogens is 2. The van der Waals surface area contributed by atoms with E-state index >= 15 is 0 Å². The van der Waals surface area contributed by atoms with Crippen molar-refractivity contribution in [2.24, 2.45) is 0 Å². The first-order valence-corrected chi connectivity index (χ1v) is 11.7. The van der Waals surface area contributed by atoms with E-state index in [0.29, 0.717) is 5.39 Å². The SMILES string of the molecule is CCN(CC)Cc1ccc(C2Nc3cccc4c(=O)[nH]nc(c34)C2c2ccc(C)cc2)cc1. The van der Waals surface area contributed by atoms with Crippen LogP contribution in [0.4, 0.5) is 5.69 Å². The van der Waals surface area contributed by atoms with E-state index in [9.17, 15) is 4.79 Å². The molecule has 5 nitrogen and oxygen atoms in total. The largest absolute Gasteiger partial charge is 0.377 e. The maximum Gasteiger partial charge on any atom is 0.272 e. The Bertz CT molecular complexity index is 1320. The van der Waals surface area contributed by atoms with Gasteiger partial charge in [-0.2, -0.15) is 5.10 Å². The normalized spacial score (nSPS) is 17.3. The highest BCUT2D eigenvalue weighted by Gasteiger charge is 2.34. The van der Waals surface area contributed by atoms with Crippen molar-refractivity contribution >= 4 is 16.5 Å². The topological polar surface area (TPSA) is 61.0 Å². The van der Waals surface area contributed by atoms with E-state index in [2.05, 4.69) is 89.7 Å². The summed E-state index contributed by atoms with van der Waals surface area (Å²) in [7, 11) is 0. The van der Waals surface area contributed by atoms with Crippen LogP contribution in [0.2, 0.25) is 0 Å². The zero-order valence-electron chi connectivity index (χ0n) is 19.4. The minimum atomic E-state index is -0.153. The van der Waals surface area contributed by atoms with Crippen molar-refractivity contribution in [2.75, 3.05) is 18.4 Å². The first-order valence-electron chi connectivity index (χ1n) is 11.7. The number of aromatic amines is 1. The first-order chi connectivity index (χ1) is 16.1. The van der Waals surface area contributed by atoms with Gasteiger partial charge in [0.05, 0.1) is 23.0 Å². The predicted molar refractivity (Wildman–Crippen MR) is 135 cm³/mol. The summed E-state index contributed by atoms with van der Waals surface area (Å²) in [6.07, 6.45) is 0. The molecule has 0 saturated heterocycles. The summed E-state index contributed by atoms with van der Waals surface area (Å²) in [6, 6.07) is 23.4. The number of nitrogens with zero attached hydrogens (tertiary/aromatic N) is 2. The van der Waals surface area contributed by atoms with Crippen LogP contribution in [0, 0.1) is 6.92 Å². The molecular formula is C28H30N4O. The zero-order chi connectivity index (χ0) is 22.9. The molecular weight excluding hydrogens is 408 g/mol. The van der Waals surface area contributed by atoms with E-state index in [-0.39, 0.29) is 17.5 Å². The molecule has 3 aromatic carbocycles. The van der Waals surface area contributed by atoms with Crippen LogP contribution in [0.5, 0.6) is 0 Å². The molecule has 0 radical (unpaired) electrons. The Morgan fingerprint density at radius 3 is 2.30 bits per heavy atom. The lowest BCUT2D eigenvalue weighted by Gasteiger charge is -2.35. The van der Waals surface area contributed by atoms with Gasteiger partial charge in [-0.1, -0.05) is 74.0 Å². The molecule has 0 bridgehead atoms. The minimum Gasteiger partial charge on any atom is -0.377 e. The van der Waals surface area contributed by atoms with E-state index in [4.69, 9.17) is 0 Å².